The van der Waals surface area contributed by atoms with E-state index in [0.29, 0.717) is 29.2 Å². The summed E-state index contributed by atoms with van der Waals surface area (Å²) in [5.41, 5.74) is 3.51. The van der Waals surface area contributed by atoms with E-state index in [4.69, 9.17) is 4.99 Å². The molecule has 200 valence electrons. The summed E-state index contributed by atoms with van der Waals surface area (Å²) in [6.45, 7) is 9.53. The van der Waals surface area contributed by atoms with Gasteiger partial charge in [0.1, 0.15) is 5.84 Å². The van der Waals surface area contributed by atoms with E-state index in [9.17, 15) is 19.5 Å². The molecule has 38 heavy (non-hydrogen) atoms. The third kappa shape index (κ3) is 5.96. The van der Waals surface area contributed by atoms with Crippen molar-refractivity contribution in [3.63, 3.8) is 0 Å². The fourth-order valence-electron chi connectivity index (χ4n) is 4.85. The van der Waals surface area contributed by atoms with E-state index in [1.807, 2.05) is 54.3 Å². The summed E-state index contributed by atoms with van der Waals surface area (Å²) in [7, 11) is 0. The Morgan fingerprint density at radius 3 is 2.29 bits per heavy atom. The average molecular weight is 517 g/mol. The molecule has 0 unspecified atom stereocenters. The Morgan fingerprint density at radius 1 is 1.03 bits per heavy atom. The Kier molecular flexibility index (Phi) is 7.99. The number of hydrogen-bond acceptors (Lipinski definition) is 4. The van der Waals surface area contributed by atoms with Crippen molar-refractivity contribution in [2.24, 2.45) is 4.99 Å². The standard InChI is InChI=1S/C30H36N4O4/c1-5-14-31-27(35)24-17-23-13-12-22(18-25(23)32-26(19-24)34(29(37)38)30(2,3)4)20-8-10-21(11-9-20)28(36)33-15-6-7-16-33/h8-13,17-18H,5-7,14-16,19H2,1-4H3,(H,31,35)(H,37,38). The van der Waals surface area contributed by atoms with E-state index in [-0.39, 0.29) is 18.2 Å². The van der Waals surface area contributed by atoms with Crippen LogP contribution in [0.5, 0.6) is 0 Å². The van der Waals surface area contributed by atoms with Crippen LogP contribution in [0.3, 0.4) is 0 Å². The fourth-order valence-corrected chi connectivity index (χ4v) is 4.85. The Labute approximate surface area is 224 Å². The van der Waals surface area contributed by atoms with Crippen molar-refractivity contribution < 1.29 is 19.5 Å². The van der Waals surface area contributed by atoms with E-state index in [1.165, 1.54) is 4.90 Å². The molecule has 4 rings (SSSR count). The summed E-state index contributed by atoms with van der Waals surface area (Å²) in [5, 5.41) is 12.9. The van der Waals surface area contributed by atoms with Crippen molar-refractivity contribution in [3.05, 3.63) is 59.2 Å². The molecule has 0 bridgehead atoms. The summed E-state index contributed by atoms with van der Waals surface area (Å²) in [6.07, 6.45) is 3.66. The molecule has 0 spiro atoms. The molecule has 0 atom stereocenters. The van der Waals surface area contributed by atoms with Crippen molar-refractivity contribution in [3.8, 4) is 11.1 Å². The minimum absolute atomic E-state index is 0.0557. The maximum Gasteiger partial charge on any atom is 0.413 e. The van der Waals surface area contributed by atoms with Crippen molar-refractivity contribution >= 4 is 35.5 Å². The van der Waals surface area contributed by atoms with Crippen LogP contribution in [0.15, 0.2) is 53.0 Å². The van der Waals surface area contributed by atoms with Gasteiger partial charge in [-0.3, -0.25) is 14.5 Å². The van der Waals surface area contributed by atoms with E-state index < -0.39 is 11.6 Å². The van der Waals surface area contributed by atoms with E-state index in [2.05, 4.69) is 5.32 Å². The molecule has 0 saturated carbocycles. The third-order valence-electron chi connectivity index (χ3n) is 6.76. The normalized spacial score (nSPS) is 15.2. The van der Waals surface area contributed by atoms with Crippen molar-refractivity contribution in [1.29, 1.82) is 0 Å². The first-order valence-electron chi connectivity index (χ1n) is 13.2. The summed E-state index contributed by atoms with van der Waals surface area (Å²) in [4.78, 5) is 45.9. The van der Waals surface area contributed by atoms with Gasteiger partial charge in [-0.25, -0.2) is 9.79 Å². The van der Waals surface area contributed by atoms with Gasteiger partial charge in [-0.05, 0) is 75.4 Å². The number of carbonyl (C=O) groups excluding carboxylic acids is 2. The predicted octanol–water partition coefficient (Wildman–Crippen LogP) is 5.71. The Bertz CT molecular complexity index is 1280. The number of amidine groups is 1. The van der Waals surface area contributed by atoms with Crippen LogP contribution in [0, 0.1) is 0 Å². The monoisotopic (exact) mass is 516 g/mol. The lowest BCUT2D eigenvalue weighted by atomic mass is 9.99. The van der Waals surface area contributed by atoms with Crippen molar-refractivity contribution in [2.75, 3.05) is 19.6 Å². The minimum Gasteiger partial charge on any atom is -0.465 e. The molecule has 2 N–H and O–H groups in total. The number of carboxylic acid groups (broad SMARTS) is 1. The van der Waals surface area contributed by atoms with Crippen LogP contribution < -0.4 is 5.32 Å². The van der Waals surface area contributed by atoms with Gasteiger partial charge in [0, 0.05) is 48.3 Å². The molecule has 0 aromatic heterocycles. The van der Waals surface area contributed by atoms with Crippen LogP contribution in [-0.2, 0) is 4.79 Å². The SMILES string of the molecule is CCCNC(=O)C1=Cc2ccc(-c3ccc(C(=O)N4CCCC4)cc3)cc2N=C(N(C(=O)O)C(C)(C)C)C1. The lowest BCUT2D eigenvalue weighted by molar-refractivity contribution is -0.117. The molecular weight excluding hydrogens is 480 g/mol. The van der Waals surface area contributed by atoms with Crippen LogP contribution in [0.2, 0.25) is 0 Å². The molecule has 0 aliphatic carbocycles. The van der Waals surface area contributed by atoms with Gasteiger partial charge in [-0.15, -0.1) is 0 Å². The van der Waals surface area contributed by atoms with Crippen molar-refractivity contribution in [1.82, 2.24) is 15.1 Å². The van der Waals surface area contributed by atoms with Crippen LogP contribution in [0.1, 0.15) is 69.3 Å². The molecule has 2 aliphatic heterocycles. The molecule has 2 heterocycles. The van der Waals surface area contributed by atoms with E-state index in [1.54, 1.807) is 26.8 Å². The molecule has 2 aromatic carbocycles. The summed E-state index contributed by atoms with van der Waals surface area (Å²) < 4.78 is 0. The van der Waals surface area contributed by atoms with Crippen LogP contribution in [-0.4, -0.2) is 63.8 Å². The van der Waals surface area contributed by atoms with E-state index >= 15 is 0 Å². The van der Waals surface area contributed by atoms with Crippen LogP contribution >= 0.6 is 0 Å². The number of fused-ring (bicyclic) bond motifs is 1. The van der Waals surface area contributed by atoms with Crippen LogP contribution in [0.4, 0.5) is 10.5 Å². The first kappa shape index (κ1) is 27.1. The largest absolute Gasteiger partial charge is 0.465 e. The van der Waals surface area contributed by atoms with E-state index in [0.717, 1.165) is 49.0 Å². The molecule has 1 fully saturated rings. The summed E-state index contributed by atoms with van der Waals surface area (Å²) in [6, 6.07) is 13.3. The van der Waals surface area contributed by atoms with Gasteiger partial charge in [-0.1, -0.05) is 31.2 Å². The van der Waals surface area contributed by atoms with Gasteiger partial charge < -0.3 is 15.3 Å². The van der Waals surface area contributed by atoms with Gasteiger partial charge in [0.2, 0.25) is 5.91 Å². The molecule has 3 amide bonds. The highest BCUT2D eigenvalue weighted by Gasteiger charge is 2.33. The molecule has 2 aliphatic rings. The zero-order valence-corrected chi connectivity index (χ0v) is 22.6. The quantitative estimate of drug-likeness (QED) is 0.531. The maximum absolute atomic E-state index is 12.9. The molecule has 2 aromatic rings. The number of aliphatic imine (C=N–C) groups is 1. The number of rotatable bonds is 5. The second-order valence-corrected chi connectivity index (χ2v) is 10.8. The molecule has 1 saturated heterocycles. The zero-order chi connectivity index (χ0) is 27.4. The minimum atomic E-state index is -1.12. The van der Waals surface area contributed by atoms with Crippen molar-refractivity contribution in [2.45, 2.75) is 58.9 Å². The highest BCUT2D eigenvalue weighted by Crippen LogP contribution is 2.34. The Balaban J connectivity index is 1.72. The second-order valence-electron chi connectivity index (χ2n) is 10.8. The number of nitrogens with zero attached hydrogens (tertiary/aromatic N) is 3. The number of hydrogen-bond donors (Lipinski definition) is 2. The second kappa shape index (κ2) is 11.2. The highest BCUT2D eigenvalue weighted by atomic mass is 16.4. The fraction of sp³-hybridized carbons (Fsp3) is 0.400. The first-order chi connectivity index (χ1) is 18.1. The number of likely N-dealkylation sites (tertiary alicyclic amines) is 1. The third-order valence-corrected chi connectivity index (χ3v) is 6.76. The number of carbonyl (C=O) groups is 3. The number of nitrogens with one attached hydrogen (secondary N) is 1. The van der Waals surface area contributed by atoms with Gasteiger partial charge in [0.15, 0.2) is 0 Å². The van der Waals surface area contributed by atoms with Gasteiger partial charge >= 0.3 is 6.09 Å². The Hall–Kier alpha value is -3.94. The average Bonchev–Trinajstić information content (AvgIpc) is 3.34. The summed E-state index contributed by atoms with van der Waals surface area (Å²) >= 11 is 0. The maximum atomic E-state index is 12.9. The number of amides is 3. The van der Waals surface area contributed by atoms with Crippen LogP contribution in [0.25, 0.3) is 17.2 Å². The van der Waals surface area contributed by atoms with Gasteiger partial charge in [0.25, 0.3) is 5.91 Å². The topological polar surface area (TPSA) is 102 Å². The molecule has 8 heteroatoms. The highest BCUT2D eigenvalue weighted by molar-refractivity contribution is 6.08. The lowest BCUT2D eigenvalue weighted by Crippen LogP contribution is -2.49. The van der Waals surface area contributed by atoms with Gasteiger partial charge in [-0.2, -0.15) is 0 Å². The molecular formula is C30H36N4O4. The lowest BCUT2D eigenvalue weighted by Gasteiger charge is -2.34. The number of benzene rings is 2. The van der Waals surface area contributed by atoms with Gasteiger partial charge in [0.05, 0.1) is 5.69 Å². The first-order valence-corrected chi connectivity index (χ1v) is 13.2. The zero-order valence-electron chi connectivity index (χ0n) is 22.6. The molecule has 0 radical (unpaired) electrons. The predicted molar refractivity (Wildman–Crippen MR) is 150 cm³/mol. The smallest absolute Gasteiger partial charge is 0.413 e. The summed E-state index contributed by atoms with van der Waals surface area (Å²) in [5.74, 6) is 0.125. The Morgan fingerprint density at radius 2 is 1.68 bits per heavy atom. The molecule has 8 nitrogen and oxygen atoms in total.